The zero-order chi connectivity index (χ0) is 14.8. The molecule has 1 heterocycles. The van der Waals surface area contributed by atoms with Crippen LogP contribution >= 0.6 is 0 Å². The molecule has 21 heavy (non-hydrogen) atoms. The fourth-order valence-electron chi connectivity index (χ4n) is 2.47. The average Bonchev–Trinajstić information content (AvgIpc) is 2.85. The molecule has 0 atom stereocenters. The summed E-state index contributed by atoms with van der Waals surface area (Å²) in [5, 5.41) is 8.23. The molecule has 5 heteroatoms. The summed E-state index contributed by atoms with van der Waals surface area (Å²) in [4.78, 5) is 3.75. The Labute approximate surface area is 121 Å². The molecule has 0 spiro atoms. The summed E-state index contributed by atoms with van der Waals surface area (Å²) in [7, 11) is 0. The maximum absolute atomic E-state index is 13.2. The van der Waals surface area contributed by atoms with E-state index in [-0.39, 0.29) is 0 Å². The number of rotatable bonds is 3. The third-order valence-corrected chi connectivity index (χ3v) is 3.57. The molecular weight excluding hydrogens is 272 g/mol. The van der Waals surface area contributed by atoms with E-state index in [1.807, 2.05) is 40.1 Å². The Morgan fingerprint density at radius 2 is 1.71 bits per heavy atom. The van der Waals surface area contributed by atoms with Gasteiger partial charge < -0.3 is 9.80 Å². The van der Waals surface area contributed by atoms with Gasteiger partial charge in [0.05, 0.1) is 0 Å². The van der Waals surface area contributed by atoms with Crippen LogP contribution < -0.4 is 4.90 Å². The van der Waals surface area contributed by atoms with E-state index in [9.17, 15) is 8.78 Å². The van der Waals surface area contributed by atoms with Crippen molar-refractivity contribution in [2.45, 2.75) is 6.54 Å². The van der Waals surface area contributed by atoms with E-state index in [0.29, 0.717) is 31.2 Å². The number of benzene rings is 2. The number of para-hydroxylation sites is 1. The van der Waals surface area contributed by atoms with Gasteiger partial charge in [0.2, 0.25) is 0 Å². The van der Waals surface area contributed by atoms with E-state index >= 15 is 0 Å². The Morgan fingerprint density at radius 1 is 0.952 bits per heavy atom. The molecule has 1 saturated heterocycles. The van der Waals surface area contributed by atoms with Gasteiger partial charge in [0.15, 0.2) is 17.6 Å². The monoisotopic (exact) mass is 287 g/mol. The zero-order valence-corrected chi connectivity index (χ0v) is 11.4. The summed E-state index contributed by atoms with van der Waals surface area (Å²) in [6, 6.07) is 13.6. The van der Waals surface area contributed by atoms with Gasteiger partial charge in [-0.05, 0) is 29.8 Å². The summed E-state index contributed by atoms with van der Waals surface area (Å²) in [6.45, 7) is 1.80. The maximum atomic E-state index is 13.2. The largest absolute Gasteiger partial charge is 0.337 e. The standard InChI is InChI=1S/C16H15F2N3/c17-14-7-6-12(10-15(14)18)11-20-8-9-21(16(20)19)13-4-2-1-3-5-13/h1-7,10,19H,8-9,11H2. The molecule has 0 bridgehead atoms. The number of nitrogens with one attached hydrogen (secondary N) is 1. The molecule has 1 aliphatic heterocycles. The van der Waals surface area contributed by atoms with Crippen molar-refractivity contribution in [3.63, 3.8) is 0 Å². The zero-order valence-electron chi connectivity index (χ0n) is 11.4. The Hall–Kier alpha value is -2.43. The molecule has 1 fully saturated rings. The fraction of sp³-hybridized carbons (Fsp3) is 0.188. The Bertz CT molecular complexity index is 658. The lowest BCUT2D eigenvalue weighted by molar-refractivity contribution is 0.449. The van der Waals surface area contributed by atoms with Crippen LogP contribution in [0.3, 0.4) is 0 Å². The fourth-order valence-corrected chi connectivity index (χ4v) is 2.47. The summed E-state index contributed by atoms with van der Waals surface area (Å²) >= 11 is 0. The van der Waals surface area contributed by atoms with Crippen molar-refractivity contribution in [2.75, 3.05) is 18.0 Å². The highest BCUT2D eigenvalue weighted by Crippen LogP contribution is 2.21. The molecule has 0 unspecified atom stereocenters. The van der Waals surface area contributed by atoms with Gasteiger partial charge >= 0.3 is 0 Å². The summed E-state index contributed by atoms with van der Waals surface area (Å²) in [6.07, 6.45) is 0. The van der Waals surface area contributed by atoms with Gasteiger partial charge in [0.1, 0.15) is 0 Å². The van der Waals surface area contributed by atoms with E-state index in [1.165, 1.54) is 6.07 Å². The van der Waals surface area contributed by atoms with E-state index in [0.717, 1.165) is 11.8 Å². The molecule has 2 aromatic rings. The number of nitrogens with zero attached hydrogens (tertiary/aromatic N) is 2. The molecule has 0 amide bonds. The Morgan fingerprint density at radius 3 is 2.43 bits per heavy atom. The third-order valence-electron chi connectivity index (χ3n) is 3.57. The first-order chi connectivity index (χ1) is 10.1. The second-order valence-corrected chi connectivity index (χ2v) is 4.98. The van der Waals surface area contributed by atoms with E-state index in [1.54, 1.807) is 6.07 Å². The number of anilines is 1. The van der Waals surface area contributed by atoms with Gasteiger partial charge in [-0.2, -0.15) is 0 Å². The van der Waals surface area contributed by atoms with Gasteiger partial charge in [-0.25, -0.2) is 8.78 Å². The van der Waals surface area contributed by atoms with Crippen LogP contribution in [0.25, 0.3) is 0 Å². The number of guanidine groups is 1. The normalized spacial score (nSPS) is 14.9. The predicted molar refractivity (Wildman–Crippen MR) is 78.3 cm³/mol. The van der Waals surface area contributed by atoms with Gasteiger partial charge in [-0.1, -0.05) is 24.3 Å². The minimum absolute atomic E-state index is 0.380. The summed E-state index contributed by atoms with van der Waals surface area (Å²) in [5.41, 5.74) is 1.63. The highest BCUT2D eigenvalue weighted by molar-refractivity contribution is 5.95. The third kappa shape index (κ3) is 2.72. The molecule has 1 N–H and O–H groups in total. The van der Waals surface area contributed by atoms with Crippen molar-refractivity contribution in [3.05, 3.63) is 65.7 Å². The quantitative estimate of drug-likeness (QED) is 0.939. The molecule has 2 aromatic carbocycles. The number of hydrogen-bond acceptors (Lipinski definition) is 1. The molecule has 0 saturated carbocycles. The lowest BCUT2D eigenvalue weighted by Crippen LogP contribution is -2.32. The molecule has 3 nitrogen and oxygen atoms in total. The predicted octanol–water partition coefficient (Wildman–Crippen LogP) is 3.22. The topological polar surface area (TPSA) is 30.3 Å². The molecule has 108 valence electrons. The smallest absolute Gasteiger partial charge is 0.198 e. The van der Waals surface area contributed by atoms with E-state index < -0.39 is 11.6 Å². The van der Waals surface area contributed by atoms with Gasteiger partial charge in [0, 0.05) is 25.3 Å². The first kappa shape index (κ1) is 13.5. The average molecular weight is 287 g/mol. The number of halogens is 2. The summed E-state index contributed by atoms with van der Waals surface area (Å²) < 4.78 is 26.2. The molecule has 0 radical (unpaired) electrons. The SMILES string of the molecule is N=C1N(Cc2ccc(F)c(F)c2)CCN1c1ccccc1. The van der Waals surface area contributed by atoms with Crippen LogP contribution in [0.5, 0.6) is 0 Å². The van der Waals surface area contributed by atoms with Gasteiger partial charge in [0.25, 0.3) is 0 Å². The minimum atomic E-state index is -0.849. The van der Waals surface area contributed by atoms with Crippen LogP contribution in [0.2, 0.25) is 0 Å². The van der Waals surface area contributed by atoms with Crippen molar-refractivity contribution in [1.82, 2.24) is 4.90 Å². The second-order valence-electron chi connectivity index (χ2n) is 4.98. The Kier molecular flexibility index (Phi) is 3.56. The van der Waals surface area contributed by atoms with Crippen molar-refractivity contribution < 1.29 is 8.78 Å². The van der Waals surface area contributed by atoms with Gasteiger partial charge in [-0.15, -0.1) is 0 Å². The van der Waals surface area contributed by atoms with E-state index in [2.05, 4.69) is 0 Å². The highest BCUT2D eigenvalue weighted by Gasteiger charge is 2.26. The lowest BCUT2D eigenvalue weighted by atomic mass is 10.2. The molecule has 3 rings (SSSR count). The lowest BCUT2D eigenvalue weighted by Gasteiger charge is -2.21. The minimum Gasteiger partial charge on any atom is -0.337 e. The van der Waals surface area contributed by atoms with Crippen molar-refractivity contribution >= 4 is 11.6 Å². The number of hydrogen-bond donors (Lipinski definition) is 1. The Balaban J connectivity index is 1.73. The molecule has 1 aliphatic rings. The maximum Gasteiger partial charge on any atom is 0.198 e. The molecule has 0 aromatic heterocycles. The van der Waals surface area contributed by atoms with Crippen molar-refractivity contribution in [3.8, 4) is 0 Å². The van der Waals surface area contributed by atoms with Crippen LogP contribution in [0.15, 0.2) is 48.5 Å². The van der Waals surface area contributed by atoms with Crippen molar-refractivity contribution in [2.24, 2.45) is 0 Å². The van der Waals surface area contributed by atoms with Crippen LogP contribution in [-0.2, 0) is 6.54 Å². The van der Waals surface area contributed by atoms with Crippen LogP contribution in [0.4, 0.5) is 14.5 Å². The molecular formula is C16H15F2N3. The van der Waals surface area contributed by atoms with Crippen LogP contribution in [0.1, 0.15) is 5.56 Å². The second kappa shape index (κ2) is 5.52. The van der Waals surface area contributed by atoms with Crippen molar-refractivity contribution in [1.29, 1.82) is 5.41 Å². The van der Waals surface area contributed by atoms with Crippen LogP contribution in [-0.4, -0.2) is 23.9 Å². The van der Waals surface area contributed by atoms with E-state index in [4.69, 9.17) is 5.41 Å². The molecule has 0 aliphatic carbocycles. The summed E-state index contributed by atoms with van der Waals surface area (Å²) in [5.74, 6) is -1.31. The highest BCUT2D eigenvalue weighted by atomic mass is 19.2. The van der Waals surface area contributed by atoms with Gasteiger partial charge in [-0.3, -0.25) is 5.41 Å². The van der Waals surface area contributed by atoms with Crippen LogP contribution in [0, 0.1) is 17.0 Å². The first-order valence-corrected chi connectivity index (χ1v) is 6.75. The first-order valence-electron chi connectivity index (χ1n) is 6.75.